The molecular formula is C31H35N7O2. The predicted molar refractivity (Wildman–Crippen MR) is 156 cm³/mol. The monoisotopic (exact) mass is 537 g/mol. The highest BCUT2D eigenvalue weighted by atomic mass is 16.6. The fourth-order valence-electron chi connectivity index (χ4n) is 5.59. The Bertz CT molecular complexity index is 1670. The van der Waals surface area contributed by atoms with E-state index >= 15 is 0 Å². The van der Waals surface area contributed by atoms with Crippen LogP contribution in [0.1, 0.15) is 57.2 Å². The predicted octanol–water partition coefficient (Wildman–Crippen LogP) is 5.88. The molecule has 1 fully saturated rings. The Balaban J connectivity index is 1.31. The first-order valence-corrected chi connectivity index (χ1v) is 13.9. The first kappa shape index (κ1) is 25.9. The lowest BCUT2D eigenvalue weighted by Gasteiger charge is -2.26. The lowest BCUT2D eigenvalue weighted by molar-refractivity contribution is 0.0256. The van der Waals surface area contributed by atoms with Crippen molar-refractivity contribution in [3.63, 3.8) is 0 Å². The number of nitrogens with zero attached hydrogens (tertiary/aromatic N) is 6. The van der Waals surface area contributed by atoms with Gasteiger partial charge in [0, 0.05) is 41.8 Å². The number of aromatic nitrogens is 5. The normalized spacial score (nSPS) is 16.4. The van der Waals surface area contributed by atoms with Crippen molar-refractivity contribution >= 4 is 28.3 Å². The van der Waals surface area contributed by atoms with Crippen LogP contribution in [0.2, 0.25) is 0 Å². The van der Waals surface area contributed by atoms with Gasteiger partial charge in [0.05, 0.1) is 12.1 Å². The number of fused-ring (bicyclic) bond motifs is 2. The maximum absolute atomic E-state index is 12.7. The topological polar surface area (TPSA) is 104 Å². The number of carbonyl (C=O) groups is 1. The van der Waals surface area contributed by atoms with Crippen molar-refractivity contribution in [2.45, 2.75) is 58.1 Å². The van der Waals surface area contributed by atoms with Crippen LogP contribution in [0.25, 0.3) is 27.5 Å². The highest BCUT2D eigenvalue weighted by Crippen LogP contribution is 2.37. The van der Waals surface area contributed by atoms with Crippen molar-refractivity contribution in [2.75, 3.05) is 18.8 Å². The van der Waals surface area contributed by atoms with Crippen molar-refractivity contribution in [3.05, 3.63) is 78.4 Å². The smallest absolute Gasteiger partial charge is 0.410 e. The molecule has 4 heterocycles. The summed E-state index contributed by atoms with van der Waals surface area (Å²) in [5, 5.41) is 10.5. The largest absolute Gasteiger partial charge is 0.444 e. The molecule has 2 N–H and O–H groups in total. The maximum Gasteiger partial charge on any atom is 0.410 e. The Morgan fingerprint density at radius 2 is 1.90 bits per heavy atom. The number of likely N-dealkylation sites (tertiary alicyclic amines) is 1. The number of ether oxygens (including phenoxy) is 1. The summed E-state index contributed by atoms with van der Waals surface area (Å²) in [6.07, 6.45) is 5.98. The van der Waals surface area contributed by atoms with Gasteiger partial charge < -0.3 is 15.4 Å². The fraction of sp³-hybridized carbons (Fsp3) is 0.355. The second kappa shape index (κ2) is 10.3. The summed E-state index contributed by atoms with van der Waals surface area (Å²) in [6.45, 7) is 7.72. The molecule has 0 radical (unpaired) electrons. The molecule has 1 unspecified atom stereocenters. The van der Waals surface area contributed by atoms with Gasteiger partial charge in [0.25, 0.3) is 0 Å². The Kier molecular flexibility index (Phi) is 6.65. The van der Waals surface area contributed by atoms with E-state index in [0.717, 1.165) is 52.5 Å². The van der Waals surface area contributed by atoms with Crippen LogP contribution >= 0.6 is 0 Å². The van der Waals surface area contributed by atoms with Gasteiger partial charge in [-0.25, -0.2) is 14.3 Å². The quantitative estimate of drug-likeness (QED) is 0.307. The highest BCUT2D eigenvalue weighted by Gasteiger charge is 2.28. The number of hydrogen-bond donors (Lipinski definition) is 1. The SMILES string of the molecule is CC(C)(C)OC(=O)N1CCCC(c2cc(-c3ccc4cn(Cc5ccccc5)nc4c3)c3c(N)ncnn23)CC1. The standard InChI is InChI=1S/C31H35N7O2/c1-31(2,3)40-30(39)36-14-7-10-22(13-15-36)27-17-25(28-29(32)33-20-34-38(27)28)23-11-12-24-19-37(35-26(24)16-23)18-21-8-5-4-6-9-21/h4-6,8-9,11-12,16-17,19-20,22H,7,10,13-15,18H2,1-3H3,(H2,32,33,34). The summed E-state index contributed by atoms with van der Waals surface area (Å²) in [5.41, 5.74) is 11.9. The highest BCUT2D eigenvalue weighted by molar-refractivity contribution is 5.92. The number of amides is 1. The summed E-state index contributed by atoms with van der Waals surface area (Å²) in [7, 11) is 0. The second-order valence-corrected chi connectivity index (χ2v) is 11.6. The zero-order chi connectivity index (χ0) is 27.9. The zero-order valence-electron chi connectivity index (χ0n) is 23.2. The average Bonchev–Trinajstić information content (AvgIpc) is 3.41. The van der Waals surface area contributed by atoms with Crippen LogP contribution in [0.3, 0.4) is 0 Å². The summed E-state index contributed by atoms with van der Waals surface area (Å²) < 4.78 is 9.54. The van der Waals surface area contributed by atoms with Gasteiger partial charge >= 0.3 is 6.09 Å². The van der Waals surface area contributed by atoms with E-state index in [2.05, 4.69) is 52.7 Å². The van der Waals surface area contributed by atoms with Crippen molar-refractivity contribution in [3.8, 4) is 11.1 Å². The molecule has 40 heavy (non-hydrogen) atoms. The molecule has 1 amide bonds. The molecule has 1 atom stereocenters. The van der Waals surface area contributed by atoms with Crippen LogP contribution in [-0.2, 0) is 11.3 Å². The van der Waals surface area contributed by atoms with Gasteiger partial charge in [-0.3, -0.25) is 4.68 Å². The van der Waals surface area contributed by atoms with E-state index in [0.29, 0.717) is 25.5 Å². The number of nitrogens with two attached hydrogens (primary N) is 1. The first-order valence-electron chi connectivity index (χ1n) is 13.9. The fourth-order valence-corrected chi connectivity index (χ4v) is 5.59. The number of hydrogen-bond acceptors (Lipinski definition) is 6. The Morgan fingerprint density at radius 3 is 2.70 bits per heavy atom. The van der Waals surface area contributed by atoms with Gasteiger partial charge in [-0.1, -0.05) is 42.5 Å². The summed E-state index contributed by atoms with van der Waals surface area (Å²) in [5.74, 6) is 0.659. The third kappa shape index (κ3) is 5.23. The molecule has 5 aromatic rings. The van der Waals surface area contributed by atoms with Gasteiger partial charge in [-0.15, -0.1) is 0 Å². The number of nitrogen functional groups attached to an aromatic ring is 1. The summed E-state index contributed by atoms with van der Waals surface area (Å²) in [4.78, 5) is 18.9. The van der Waals surface area contributed by atoms with Gasteiger partial charge in [-0.05, 0) is 63.3 Å². The number of anilines is 1. The van der Waals surface area contributed by atoms with Gasteiger partial charge in [0.15, 0.2) is 5.82 Å². The van der Waals surface area contributed by atoms with Crippen molar-refractivity contribution < 1.29 is 9.53 Å². The number of benzene rings is 2. The lowest BCUT2D eigenvalue weighted by Crippen LogP contribution is -2.37. The number of carbonyl (C=O) groups excluding carboxylic acids is 1. The van der Waals surface area contributed by atoms with Crippen molar-refractivity contribution in [1.29, 1.82) is 0 Å². The minimum Gasteiger partial charge on any atom is -0.444 e. The van der Waals surface area contributed by atoms with Crippen LogP contribution in [0, 0.1) is 0 Å². The molecule has 6 rings (SSSR count). The van der Waals surface area contributed by atoms with E-state index < -0.39 is 5.60 Å². The van der Waals surface area contributed by atoms with E-state index in [1.165, 1.54) is 11.9 Å². The lowest BCUT2D eigenvalue weighted by atomic mass is 9.96. The van der Waals surface area contributed by atoms with Crippen molar-refractivity contribution in [2.24, 2.45) is 0 Å². The minimum absolute atomic E-state index is 0.219. The van der Waals surface area contributed by atoms with E-state index in [-0.39, 0.29) is 12.0 Å². The molecule has 2 aromatic carbocycles. The van der Waals surface area contributed by atoms with E-state index in [1.54, 1.807) is 0 Å². The average molecular weight is 538 g/mol. The maximum atomic E-state index is 12.7. The van der Waals surface area contributed by atoms with Gasteiger partial charge in [0.1, 0.15) is 17.4 Å². The molecule has 1 aliphatic rings. The van der Waals surface area contributed by atoms with Gasteiger partial charge in [-0.2, -0.15) is 10.2 Å². The van der Waals surface area contributed by atoms with E-state index in [9.17, 15) is 4.79 Å². The molecular weight excluding hydrogens is 502 g/mol. The summed E-state index contributed by atoms with van der Waals surface area (Å²) >= 11 is 0. The molecule has 0 aliphatic carbocycles. The molecule has 0 bridgehead atoms. The Morgan fingerprint density at radius 1 is 1.07 bits per heavy atom. The molecule has 3 aromatic heterocycles. The third-order valence-electron chi connectivity index (χ3n) is 7.46. The molecule has 9 heteroatoms. The molecule has 1 aliphatic heterocycles. The second-order valence-electron chi connectivity index (χ2n) is 11.6. The first-order chi connectivity index (χ1) is 19.2. The molecule has 0 saturated carbocycles. The van der Waals surface area contributed by atoms with Crippen LogP contribution in [0.5, 0.6) is 0 Å². The number of rotatable bonds is 4. The molecule has 0 spiro atoms. The molecule has 1 saturated heterocycles. The Labute approximate surface area is 233 Å². The van der Waals surface area contributed by atoms with E-state index in [4.69, 9.17) is 15.6 Å². The minimum atomic E-state index is -0.512. The van der Waals surface area contributed by atoms with Crippen LogP contribution in [0.4, 0.5) is 10.6 Å². The van der Waals surface area contributed by atoms with Crippen LogP contribution in [0.15, 0.2) is 67.1 Å². The van der Waals surface area contributed by atoms with Crippen LogP contribution in [-0.4, -0.2) is 54.1 Å². The van der Waals surface area contributed by atoms with Gasteiger partial charge in [0.2, 0.25) is 0 Å². The Hall–Kier alpha value is -4.40. The summed E-state index contributed by atoms with van der Waals surface area (Å²) in [6, 6.07) is 18.8. The third-order valence-corrected chi connectivity index (χ3v) is 7.46. The molecule has 206 valence electrons. The van der Waals surface area contributed by atoms with E-state index in [1.807, 2.05) is 53.1 Å². The van der Waals surface area contributed by atoms with Crippen molar-refractivity contribution in [1.82, 2.24) is 29.3 Å². The van der Waals surface area contributed by atoms with Crippen LogP contribution < -0.4 is 5.73 Å². The zero-order valence-corrected chi connectivity index (χ0v) is 23.2. The molecule has 9 nitrogen and oxygen atoms in total.